The Bertz CT molecular complexity index is 252. The van der Waals surface area contributed by atoms with Crippen molar-refractivity contribution in [2.45, 2.75) is 6.92 Å². The average molecular weight is 200 g/mol. The predicted molar refractivity (Wildman–Crippen MR) is 52.2 cm³/mol. The van der Waals surface area contributed by atoms with Gasteiger partial charge in [0.25, 0.3) is 0 Å². The smallest absolute Gasteiger partial charge is 0.494 e. The van der Waals surface area contributed by atoms with Gasteiger partial charge in [-0.3, -0.25) is 0 Å². The number of ether oxygens (including phenoxy) is 1. The first-order valence-electron chi connectivity index (χ1n) is 3.96. The molecule has 0 amide bonds. The molecule has 0 aliphatic heterocycles. The summed E-state index contributed by atoms with van der Waals surface area (Å²) in [7, 11) is -1.09. The van der Waals surface area contributed by atoms with Gasteiger partial charge in [-0.15, -0.1) is 0 Å². The number of hydrogen-bond donors (Lipinski definition) is 1. The van der Waals surface area contributed by atoms with Gasteiger partial charge in [-0.2, -0.15) is 0 Å². The third kappa shape index (κ3) is 2.92. The third-order valence-electron chi connectivity index (χ3n) is 1.56. The van der Waals surface area contributed by atoms with E-state index in [4.69, 9.17) is 21.6 Å². The molecule has 5 heteroatoms. The summed E-state index contributed by atoms with van der Waals surface area (Å²) in [5, 5.41) is 9.16. The zero-order valence-electron chi connectivity index (χ0n) is 7.24. The topological polar surface area (TPSA) is 38.7 Å². The monoisotopic (exact) mass is 200 g/mol. The molecule has 1 aromatic carbocycles. The van der Waals surface area contributed by atoms with Crippen molar-refractivity contribution in [1.29, 1.82) is 0 Å². The van der Waals surface area contributed by atoms with E-state index in [0.29, 0.717) is 12.1 Å². The first kappa shape index (κ1) is 10.4. The Kier molecular flexibility index (Phi) is 4.08. The van der Waals surface area contributed by atoms with Crippen molar-refractivity contribution in [3.05, 3.63) is 24.3 Å². The predicted octanol–water partition coefficient (Wildman–Crippen LogP) is 0.943. The van der Waals surface area contributed by atoms with E-state index >= 15 is 0 Å². The molecule has 0 aliphatic rings. The summed E-state index contributed by atoms with van der Waals surface area (Å²) in [5.41, 5.74) is 0.596. The van der Waals surface area contributed by atoms with Gasteiger partial charge in [-0.25, -0.2) is 0 Å². The van der Waals surface area contributed by atoms with Crippen molar-refractivity contribution >= 4 is 24.4 Å². The summed E-state index contributed by atoms with van der Waals surface area (Å²) in [6, 6.07) is 6.88. The summed E-state index contributed by atoms with van der Waals surface area (Å²) in [6.45, 7) is 2.53. The summed E-state index contributed by atoms with van der Waals surface area (Å²) in [6.07, 6.45) is 0. The highest BCUT2D eigenvalue weighted by Gasteiger charge is 2.15. The van der Waals surface area contributed by atoms with E-state index < -0.39 is 7.12 Å². The van der Waals surface area contributed by atoms with Crippen LogP contribution >= 0.6 is 11.9 Å². The van der Waals surface area contributed by atoms with Gasteiger partial charge in [0.05, 0.1) is 6.61 Å². The Hall–Kier alpha value is -0.705. The van der Waals surface area contributed by atoms with Crippen LogP contribution in [0.2, 0.25) is 0 Å². The van der Waals surface area contributed by atoms with E-state index in [1.54, 1.807) is 24.3 Å². The second kappa shape index (κ2) is 5.12. The molecule has 0 fully saturated rings. The first-order chi connectivity index (χ1) is 6.27. The average Bonchev–Trinajstić information content (AvgIpc) is 2.18. The van der Waals surface area contributed by atoms with Gasteiger partial charge in [0.1, 0.15) is 5.75 Å². The van der Waals surface area contributed by atoms with Gasteiger partial charge in [0.15, 0.2) is 0 Å². The lowest BCUT2D eigenvalue weighted by Crippen LogP contribution is -2.30. The number of rotatable bonds is 4. The molecule has 1 rings (SSSR count). The highest BCUT2D eigenvalue weighted by atomic mass is 35.5. The molecule has 0 saturated carbocycles. The minimum Gasteiger partial charge on any atom is -0.494 e. The fourth-order valence-electron chi connectivity index (χ4n) is 0.947. The summed E-state index contributed by atoms with van der Waals surface area (Å²) < 4.78 is 9.44. The van der Waals surface area contributed by atoms with Crippen LogP contribution in [0.1, 0.15) is 6.92 Å². The first-order valence-corrected chi connectivity index (χ1v) is 4.27. The number of benzene rings is 1. The fraction of sp³-hybridized carbons (Fsp3) is 0.250. The molecule has 0 aliphatic carbocycles. The SMILES string of the molecule is CCOc1ccc(B(O)OCl)cc1. The molecule has 1 aromatic rings. The van der Waals surface area contributed by atoms with Crippen molar-refractivity contribution in [3.8, 4) is 5.75 Å². The second-order valence-electron chi connectivity index (χ2n) is 2.44. The maximum Gasteiger partial charge on any atom is 0.508 e. The van der Waals surface area contributed by atoms with E-state index in [9.17, 15) is 0 Å². The number of halogens is 1. The molecule has 0 heterocycles. The van der Waals surface area contributed by atoms with Crippen molar-refractivity contribution in [3.63, 3.8) is 0 Å². The molecule has 0 saturated heterocycles. The maximum atomic E-state index is 9.16. The standard InChI is InChI=1S/C8H10BClO3/c1-2-12-8-5-3-7(4-6-8)9(11)13-10/h3-6,11H,2H2,1H3. The zero-order valence-corrected chi connectivity index (χ0v) is 7.99. The Balaban J connectivity index is 2.69. The van der Waals surface area contributed by atoms with E-state index in [1.165, 1.54) is 0 Å². The van der Waals surface area contributed by atoms with Crippen molar-refractivity contribution in [2.24, 2.45) is 0 Å². The Morgan fingerprint density at radius 1 is 1.38 bits per heavy atom. The van der Waals surface area contributed by atoms with E-state index in [2.05, 4.69) is 4.21 Å². The molecule has 0 atom stereocenters. The van der Waals surface area contributed by atoms with Crippen LogP contribution in [0.3, 0.4) is 0 Å². The quantitative estimate of drug-likeness (QED) is 0.735. The van der Waals surface area contributed by atoms with Gasteiger partial charge in [0.2, 0.25) is 0 Å². The van der Waals surface area contributed by atoms with Gasteiger partial charge >= 0.3 is 7.12 Å². The Morgan fingerprint density at radius 2 is 2.00 bits per heavy atom. The van der Waals surface area contributed by atoms with Crippen molar-refractivity contribution in [2.75, 3.05) is 6.61 Å². The molecule has 0 spiro atoms. The third-order valence-corrected chi connectivity index (χ3v) is 1.73. The van der Waals surface area contributed by atoms with Crippen LogP contribution in [0, 0.1) is 0 Å². The van der Waals surface area contributed by atoms with E-state index in [-0.39, 0.29) is 0 Å². The molecule has 0 bridgehead atoms. The molecular weight excluding hydrogens is 190 g/mol. The van der Waals surface area contributed by atoms with E-state index in [1.807, 2.05) is 6.92 Å². The van der Waals surface area contributed by atoms with Crippen LogP contribution in [-0.4, -0.2) is 18.7 Å². The molecule has 1 N–H and O–H groups in total. The van der Waals surface area contributed by atoms with E-state index in [0.717, 1.165) is 5.75 Å². The highest BCUT2D eigenvalue weighted by molar-refractivity contribution is 6.63. The Labute approximate surface area is 82.6 Å². The fourth-order valence-corrected chi connectivity index (χ4v) is 1.05. The van der Waals surface area contributed by atoms with Crippen molar-refractivity contribution < 1.29 is 14.0 Å². The van der Waals surface area contributed by atoms with Crippen molar-refractivity contribution in [1.82, 2.24) is 0 Å². The van der Waals surface area contributed by atoms with Crippen LogP contribution < -0.4 is 10.2 Å². The second-order valence-corrected chi connectivity index (χ2v) is 2.62. The van der Waals surface area contributed by atoms with Gasteiger partial charge in [-0.05, 0) is 24.5 Å². The molecule has 3 nitrogen and oxygen atoms in total. The minimum absolute atomic E-state index is 0.596. The lowest BCUT2D eigenvalue weighted by molar-refractivity contribution is 0.340. The minimum atomic E-state index is -1.09. The lowest BCUT2D eigenvalue weighted by atomic mass is 9.80. The number of hydrogen-bond acceptors (Lipinski definition) is 3. The van der Waals surface area contributed by atoms with Gasteiger partial charge in [-0.1, -0.05) is 12.1 Å². The van der Waals surface area contributed by atoms with Gasteiger partial charge < -0.3 is 14.0 Å². The molecule has 0 radical (unpaired) electrons. The Morgan fingerprint density at radius 3 is 2.46 bits per heavy atom. The molecule has 0 unspecified atom stereocenters. The molecule has 13 heavy (non-hydrogen) atoms. The lowest BCUT2D eigenvalue weighted by Gasteiger charge is -2.04. The van der Waals surface area contributed by atoms with Crippen LogP contribution in [0.15, 0.2) is 24.3 Å². The zero-order chi connectivity index (χ0) is 9.68. The summed E-state index contributed by atoms with van der Waals surface area (Å²) in [5.74, 6) is 0.757. The summed E-state index contributed by atoms with van der Waals surface area (Å²) in [4.78, 5) is 0. The van der Waals surface area contributed by atoms with Crippen LogP contribution in [0.25, 0.3) is 0 Å². The highest BCUT2D eigenvalue weighted by Crippen LogP contribution is 2.07. The summed E-state index contributed by atoms with van der Waals surface area (Å²) >= 11 is 5.01. The maximum absolute atomic E-state index is 9.16. The van der Waals surface area contributed by atoms with Crippen LogP contribution in [0.4, 0.5) is 0 Å². The molecule has 70 valence electrons. The van der Waals surface area contributed by atoms with Gasteiger partial charge in [0, 0.05) is 11.9 Å². The van der Waals surface area contributed by atoms with Crippen LogP contribution in [-0.2, 0) is 4.21 Å². The normalized spacial score (nSPS) is 9.77. The molecule has 0 aromatic heterocycles. The molecular formula is C8H10BClO3. The van der Waals surface area contributed by atoms with Crippen LogP contribution in [0.5, 0.6) is 5.75 Å². The largest absolute Gasteiger partial charge is 0.508 e.